The second kappa shape index (κ2) is 9.19. The maximum absolute atomic E-state index is 10.4. The zero-order valence-electron chi connectivity index (χ0n) is 12.9. The van der Waals surface area contributed by atoms with Crippen LogP contribution in [-0.2, 0) is 17.8 Å². The van der Waals surface area contributed by atoms with E-state index < -0.39 is 6.10 Å². The molecular formula is C20H24O2. The van der Waals surface area contributed by atoms with Gasteiger partial charge in [0, 0.05) is 6.42 Å². The van der Waals surface area contributed by atoms with Gasteiger partial charge in [-0.15, -0.1) is 6.58 Å². The van der Waals surface area contributed by atoms with Crippen molar-refractivity contribution in [3.8, 4) is 0 Å². The highest BCUT2D eigenvalue weighted by Gasteiger charge is 2.20. The fourth-order valence-electron chi connectivity index (χ4n) is 2.40. The van der Waals surface area contributed by atoms with Crippen molar-refractivity contribution >= 4 is 0 Å². The van der Waals surface area contributed by atoms with Gasteiger partial charge >= 0.3 is 0 Å². The molecule has 116 valence electrons. The van der Waals surface area contributed by atoms with E-state index in [1.54, 1.807) is 0 Å². The summed E-state index contributed by atoms with van der Waals surface area (Å²) >= 11 is 0. The van der Waals surface area contributed by atoms with Crippen LogP contribution in [0.1, 0.15) is 24.0 Å². The number of rotatable bonds is 9. The lowest BCUT2D eigenvalue weighted by Crippen LogP contribution is -2.31. The molecule has 0 bridgehead atoms. The summed E-state index contributed by atoms with van der Waals surface area (Å²) in [5, 5.41) is 10.4. The number of hydrogen-bond acceptors (Lipinski definition) is 2. The highest BCUT2D eigenvalue weighted by atomic mass is 16.5. The number of ether oxygens (including phenoxy) is 1. The van der Waals surface area contributed by atoms with E-state index in [0.717, 1.165) is 12.0 Å². The van der Waals surface area contributed by atoms with E-state index in [9.17, 15) is 5.11 Å². The molecule has 2 nitrogen and oxygen atoms in total. The van der Waals surface area contributed by atoms with Crippen LogP contribution in [0, 0.1) is 0 Å². The predicted molar refractivity (Wildman–Crippen MR) is 90.6 cm³/mol. The first kappa shape index (κ1) is 16.5. The molecule has 2 rings (SSSR count). The molecule has 1 N–H and O–H groups in total. The zero-order valence-corrected chi connectivity index (χ0v) is 12.9. The second-order valence-corrected chi connectivity index (χ2v) is 5.46. The van der Waals surface area contributed by atoms with Gasteiger partial charge in [0.15, 0.2) is 0 Å². The summed E-state index contributed by atoms with van der Waals surface area (Å²) in [6.45, 7) is 4.23. The SMILES string of the molecule is C=CCC[C@H](O)[C@H](Cc1ccccc1)OCc1ccccc1. The monoisotopic (exact) mass is 296 g/mol. The molecule has 0 saturated carbocycles. The molecule has 2 aromatic carbocycles. The minimum absolute atomic E-state index is 0.206. The largest absolute Gasteiger partial charge is 0.390 e. The Bertz CT molecular complexity index is 536. The molecule has 0 fully saturated rings. The lowest BCUT2D eigenvalue weighted by Gasteiger charge is -2.23. The molecule has 0 spiro atoms. The molecule has 2 aromatic rings. The topological polar surface area (TPSA) is 29.5 Å². The van der Waals surface area contributed by atoms with Crippen molar-refractivity contribution in [3.63, 3.8) is 0 Å². The van der Waals surface area contributed by atoms with Gasteiger partial charge in [-0.25, -0.2) is 0 Å². The highest BCUT2D eigenvalue weighted by Crippen LogP contribution is 2.15. The van der Waals surface area contributed by atoms with Gasteiger partial charge in [0.2, 0.25) is 0 Å². The maximum atomic E-state index is 10.4. The molecule has 0 saturated heterocycles. The molecule has 0 radical (unpaired) electrons. The van der Waals surface area contributed by atoms with Crippen molar-refractivity contribution in [2.75, 3.05) is 0 Å². The summed E-state index contributed by atoms with van der Waals surface area (Å²) < 4.78 is 6.01. The Morgan fingerprint density at radius 2 is 1.55 bits per heavy atom. The van der Waals surface area contributed by atoms with Gasteiger partial charge in [-0.05, 0) is 24.0 Å². The van der Waals surface area contributed by atoms with Crippen LogP contribution < -0.4 is 0 Å². The summed E-state index contributed by atoms with van der Waals surface area (Å²) in [6, 6.07) is 20.2. The Morgan fingerprint density at radius 1 is 0.955 bits per heavy atom. The summed E-state index contributed by atoms with van der Waals surface area (Å²) in [6.07, 6.45) is 3.33. The third kappa shape index (κ3) is 5.47. The maximum Gasteiger partial charge on any atom is 0.0878 e. The average Bonchev–Trinajstić information content (AvgIpc) is 2.58. The van der Waals surface area contributed by atoms with Crippen LogP contribution in [0.5, 0.6) is 0 Å². The molecule has 0 aliphatic rings. The van der Waals surface area contributed by atoms with Crippen molar-refractivity contribution in [1.29, 1.82) is 0 Å². The Balaban J connectivity index is 1.98. The van der Waals surface area contributed by atoms with Crippen LogP contribution >= 0.6 is 0 Å². The number of aliphatic hydroxyl groups is 1. The van der Waals surface area contributed by atoms with Gasteiger partial charge in [-0.2, -0.15) is 0 Å². The van der Waals surface area contributed by atoms with Gasteiger partial charge in [0.1, 0.15) is 0 Å². The summed E-state index contributed by atoms with van der Waals surface area (Å²) in [7, 11) is 0. The van der Waals surface area contributed by atoms with Gasteiger partial charge in [0.25, 0.3) is 0 Å². The van der Waals surface area contributed by atoms with Crippen molar-refractivity contribution in [3.05, 3.63) is 84.4 Å². The lowest BCUT2D eigenvalue weighted by molar-refractivity contribution is -0.0475. The molecule has 0 heterocycles. The van der Waals surface area contributed by atoms with Crippen LogP contribution in [-0.4, -0.2) is 17.3 Å². The van der Waals surface area contributed by atoms with E-state index >= 15 is 0 Å². The standard InChI is InChI=1S/C20H24O2/c1-2-3-14-19(21)20(15-17-10-6-4-7-11-17)22-16-18-12-8-5-9-13-18/h2,4-13,19-21H,1,3,14-16H2/t19-,20-/m0/s1. The molecule has 0 unspecified atom stereocenters. The highest BCUT2D eigenvalue weighted by molar-refractivity contribution is 5.16. The van der Waals surface area contributed by atoms with Gasteiger partial charge in [0.05, 0.1) is 18.8 Å². The van der Waals surface area contributed by atoms with Crippen LogP contribution in [0.2, 0.25) is 0 Å². The van der Waals surface area contributed by atoms with Crippen molar-refractivity contribution in [2.24, 2.45) is 0 Å². The van der Waals surface area contributed by atoms with Crippen LogP contribution in [0.25, 0.3) is 0 Å². The van der Waals surface area contributed by atoms with Crippen molar-refractivity contribution in [1.82, 2.24) is 0 Å². The molecule has 0 aliphatic heterocycles. The van der Waals surface area contributed by atoms with E-state index in [1.165, 1.54) is 5.56 Å². The molecule has 0 aliphatic carbocycles. The van der Waals surface area contributed by atoms with E-state index in [2.05, 4.69) is 18.7 Å². The number of hydrogen-bond donors (Lipinski definition) is 1. The van der Waals surface area contributed by atoms with Crippen molar-refractivity contribution < 1.29 is 9.84 Å². The molecule has 2 atom stereocenters. The first-order valence-electron chi connectivity index (χ1n) is 7.78. The quantitative estimate of drug-likeness (QED) is 0.705. The van der Waals surface area contributed by atoms with E-state index in [1.807, 2.05) is 54.6 Å². The van der Waals surface area contributed by atoms with E-state index in [4.69, 9.17) is 4.74 Å². The Hall–Kier alpha value is -1.90. The minimum atomic E-state index is -0.484. The third-order valence-corrected chi connectivity index (χ3v) is 3.68. The Labute approximate surface area is 133 Å². The summed E-state index contributed by atoms with van der Waals surface area (Å²) in [5.74, 6) is 0. The van der Waals surface area contributed by atoms with Crippen LogP contribution in [0.4, 0.5) is 0 Å². The number of aliphatic hydroxyl groups excluding tert-OH is 1. The molecule has 22 heavy (non-hydrogen) atoms. The second-order valence-electron chi connectivity index (χ2n) is 5.46. The number of benzene rings is 2. The predicted octanol–water partition coefficient (Wildman–Crippen LogP) is 4.14. The fourth-order valence-corrected chi connectivity index (χ4v) is 2.40. The molecule has 0 amide bonds. The third-order valence-electron chi connectivity index (χ3n) is 3.68. The first-order valence-corrected chi connectivity index (χ1v) is 7.78. The smallest absolute Gasteiger partial charge is 0.0878 e. The average molecular weight is 296 g/mol. The van der Waals surface area contributed by atoms with E-state index in [-0.39, 0.29) is 6.10 Å². The Morgan fingerprint density at radius 3 is 2.14 bits per heavy atom. The van der Waals surface area contributed by atoms with Crippen molar-refractivity contribution in [2.45, 2.75) is 38.1 Å². The lowest BCUT2D eigenvalue weighted by atomic mass is 10.0. The minimum Gasteiger partial charge on any atom is -0.390 e. The van der Waals surface area contributed by atoms with Crippen LogP contribution in [0.3, 0.4) is 0 Å². The van der Waals surface area contributed by atoms with E-state index in [0.29, 0.717) is 19.4 Å². The molecule has 2 heteroatoms. The molecular weight excluding hydrogens is 272 g/mol. The number of allylic oxidation sites excluding steroid dienone is 1. The zero-order chi connectivity index (χ0) is 15.6. The summed E-state index contributed by atoms with van der Waals surface area (Å²) in [5.41, 5.74) is 2.30. The van der Waals surface area contributed by atoms with Crippen LogP contribution in [0.15, 0.2) is 73.3 Å². The van der Waals surface area contributed by atoms with Gasteiger partial charge in [-0.3, -0.25) is 0 Å². The Kier molecular flexibility index (Phi) is 6.88. The van der Waals surface area contributed by atoms with Gasteiger partial charge in [-0.1, -0.05) is 66.7 Å². The first-order chi connectivity index (χ1) is 10.8. The van der Waals surface area contributed by atoms with Gasteiger partial charge < -0.3 is 9.84 Å². The fraction of sp³-hybridized carbons (Fsp3) is 0.300. The normalized spacial score (nSPS) is 13.5. The molecule has 0 aromatic heterocycles. The summed E-state index contributed by atoms with van der Waals surface area (Å²) in [4.78, 5) is 0.